The van der Waals surface area contributed by atoms with Crippen molar-refractivity contribution in [1.82, 2.24) is 9.97 Å². The highest BCUT2D eigenvalue weighted by Gasteiger charge is 2.07. The number of hydrogen-bond donors (Lipinski definition) is 2. The first-order valence-corrected chi connectivity index (χ1v) is 9.58. The number of nitrogens with zero attached hydrogens (tertiary/aromatic N) is 2. The maximum absolute atomic E-state index is 6.13. The Morgan fingerprint density at radius 2 is 1.83 bits per heavy atom. The molecule has 0 fully saturated rings. The normalized spacial score (nSPS) is 12.0. The number of aromatic amines is 1. The van der Waals surface area contributed by atoms with E-state index in [2.05, 4.69) is 26.6 Å². The Morgan fingerprint density at radius 1 is 1.00 bits per heavy atom. The number of halogens is 1. The van der Waals surface area contributed by atoms with E-state index in [0.717, 1.165) is 38.5 Å². The van der Waals surface area contributed by atoms with Crippen molar-refractivity contribution >= 4 is 39.6 Å². The molecule has 0 bridgehead atoms. The molecule has 2 heterocycles. The van der Waals surface area contributed by atoms with Gasteiger partial charge < -0.3 is 9.40 Å². The summed E-state index contributed by atoms with van der Waals surface area (Å²) < 4.78 is 6.13. The molecule has 0 spiro atoms. The van der Waals surface area contributed by atoms with Crippen LogP contribution < -0.4 is 10.8 Å². The van der Waals surface area contributed by atoms with Crippen molar-refractivity contribution in [3.05, 3.63) is 88.7 Å². The molecule has 0 radical (unpaired) electrons. The van der Waals surface area contributed by atoms with E-state index >= 15 is 0 Å². The fourth-order valence-corrected chi connectivity index (χ4v) is 3.38. The molecule has 0 amide bonds. The van der Waals surface area contributed by atoms with Gasteiger partial charge in [0.15, 0.2) is 0 Å². The van der Waals surface area contributed by atoms with Crippen LogP contribution in [0.3, 0.4) is 0 Å². The second-order valence-electron chi connectivity index (χ2n) is 6.83. The summed E-state index contributed by atoms with van der Waals surface area (Å²) in [5.41, 5.74) is 7.70. The fraction of sp³-hybridized carbons (Fsp3) is 0.0435. The lowest BCUT2D eigenvalue weighted by molar-refractivity contribution is 0.618. The van der Waals surface area contributed by atoms with Crippen molar-refractivity contribution in [2.75, 3.05) is 5.43 Å². The average Bonchev–Trinajstić information content (AvgIpc) is 3.15. The third kappa shape index (κ3) is 3.48. The molecule has 3 aromatic carbocycles. The number of fused-ring (bicyclic) bond motifs is 2. The minimum absolute atomic E-state index is 0.584. The molecule has 6 heteroatoms. The number of benzene rings is 3. The molecular formula is C23H17ClN4O. The standard InChI is InChI=1S/C23H17ClN4O/c1-14-6-11-21-17(12-14)20(13-22(29-21)15-7-9-16(24)10-8-15)27-28-23-25-18-4-2-3-5-19(18)26-23/h2-13H,1H3,(H2,25,26,28). The maximum atomic E-state index is 6.13. The Hall–Kier alpha value is -3.57. The number of para-hydroxylation sites is 2. The average molecular weight is 401 g/mol. The van der Waals surface area contributed by atoms with Crippen molar-refractivity contribution in [3.8, 4) is 11.3 Å². The first-order valence-electron chi connectivity index (χ1n) is 9.21. The molecule has 0 unspecified atom stereocenters. The van der Waals surface area contributed by atoms with Gasteiger partial charge in [-0.05, 0) is 55.5 Å². The van der Waals surface area contributed by atoms with Crippen LogP contribution in [-0.2, 0) is 0 Å². The molecule has 5 nitrogen and oxygen atoms in total. The molecule has 2 N–H and O–H groups in total. The van der Waals surface area contributed by atoms with Gasteiger partial charge in [0.05, 0.1) is 16.4 Å². The summed E-state index contributed by atoms with van der Waals surface area (Å²) in [6.45, 7) is 2.04. The predicted molar refractivity (Wildman–Crippen MR) is 117 cm³/mol. The quantitative estimate of drug-likeness (QED) is 0.372. The van der Waals surface area contributed by atoms with Crippen molar-refractivity contribution < 1.29 is 4.42 Å². The zero-order valence-electron chi connectivity index (χ0n) is 15.6. The first-order chi connectivity index (χ1) is 14.2. The molecule has 5 rings (SSSR count). The van der Waals surface area contributed by atoms with E-state index in [9.17, 15) is 0 Å². The molecule has 0 atom stereocenters. The molecule has 5 aromatic rings. The van der Waals surface area contributed by atoms with E-state index < -0.39 is 0 Å². The number of rotatable bonds is 3. The Balaban J connectivity index is 1.64. The predicted octanol–water partition coefficient (Wildman–Crippen LogP) is 5.87. The van der Waals surface area contributed by atoms with Gasteiger partial charge in [-0.25, -0.2) is 10.4 Å². The number of anilines is 1. The van der Waals surface area contributed by atoms with E-state index in [1.165, 1.54) is 0 Å². The highest BCUT2D eigenvalue weighted by molar-refractivity contribution is 6.30. The molecule has 29 heavy (non-hydrogen) atoms. The molecule has 0 aliphatic carbocycles. The molecule has 142 valence electrons. The summed E-state index contributed by atoms with van der Waals surface area (Å²) in [5, 5.41) is 6.98. The fourth-order valence-electron chi connectivity index (χ4n) is 3.25. The minimum atomic E-state index is 0.584. The second kappa shape index (κ2) is 7.11. The van der Waals surface area contributed by atoms with Gasteiger partial charge in [0, 0.05) is 22.0 Å². The number of nitrogens with one attached hydrogen (secondary N) is 2. The first kappa shape index (κ1) is 17.5. The van der Waals surface area contributed by atoms with Crippen molar-refractivity contribution in [3.63, 3.8) is 0 Å². The minimum Gasteiger partial charge on any atom is -0.456 e. The third-order valence-corrected chi connectivity index (χ3v) is 4.95. The summed E-state index contributed by atoms with van der Waals surface area (Å²) in [6.07, 6.45) is 0. The van der Waals surface area contributed by atoms with Crippen molar-refractivity contribution in [2.24, 2.45) is 5.10 Å². The van der Waals surface area contributed by atoms with Gasteiger partial charge in [0.1, 0.15) is 11.3 Å². The lowest BCUT2D eigenvalue weighted by atomic mass is 10.1. The lowest BCUT2D eigenvalue weighted by Crippen LogP contribution is -2.08. The van der Waals surface area contributed by atoms with E-state index in [0.29, 0.717) is 16.7 Å². The van der Waals surface area contributed by atoms with Crippen LogP contribution >= 0.6 is 11.6 Å². The highest BCUT2D eigenvalue weighted by Crippen LogP contribution is 2.24. The number of H-pyrrole nitrogens is 1. The van der Waals surface area contributed by atoms with Gasteiger partial charge in [-0.1, -0.05) is 35.4 Å². The van der Waals surface area contributed by atoms with Crippen LogP contribution in [0.25, 0.3) is 33.3 Å². The van der Waals surface area contributed by atoms with E-state index in [-0.39, 0.29) is 0 Å². The number of imidazole rings is 1. The number of aromatic nitrogens is 2. The Labute approximate surface area is 171 Å². The summed E-state index contributed by atoms with van der Waals surface area (Å²) in [6, 6.07) is 23.4. The zero-order valence-corrected chi connectivity index (χ0v) is 16.4. The van der Waals surface area contributed by atoms with Gasteiger partial charge >= 0.3 is 0 Å². The van der Waals surface area contributed by atoms with E-state index in [1.807, 2.05) is 73.7 Å². The molecule has 0 saturated carbocycles. The van der Waals surface area contributed by atoms with Crippen molar-refractivity contribution in [1.29, 1.82) is 0 Å². The summed E-state index contributed by atoms with van der Waals surface area (Å²) >= 11 is 6.02. The Kier molecular flexibility index (Phi) is 4.30. The largest absolute Gasteiger partial charge is 0.456 e. The van der Waals surface area contributed by atoms with E-state index in [4.69, 9.17) is 16.0 Å². The van der Waals surface area contributed by atoms with Gasteiger partial charge in [0.2, 0.25) is 5.95 Å². The zero-order chi connectivity index (χ0) is 19.8. The number of hydrogen-bond acceptors (Lipinski definition) is 4. The van der Waals surface area contributed by atoms with E-state index in [1.54, 1.807) is 0 Å². The lowest BCUT2D eigenvalue weighted by Gasteiger charge is -2.06. The van der Waals surface area contributed by atoms with Crippen LogP contribution in [0.5, 0.6) is 0 Å². The molecule has 0 aliphatic heterocycles. The molecule has 0 saturated heterocycles. The van der Waals surface area contributed by atoms with Crippen molar-refractivity contribution in [2.45, 2.75) is 6.92 Å². The molecule has 0 aliphatic rings. The topological polar surface area (TPSA) is 66.2 Å². The van der Waals surface area contributed by atoms with Gasteiger partial charge in [0.25, 0.3) is 0 Å². The van der Waals surface area contributed by atoms with Crippen LogP contribution in [0.15, 0.2) is 82.3 Å². The third-order valence-electron chi connectivity index (χ3n) is 4.70. The summed E-state index contributed by atoms with van der Waals surface area (Å²) in [7, 11) is 0. The highest BCUT2D eigenvalue weighted by atomic mass is 35.5. The Morgan fingerprint density at radius 3 is 2.66 bits per heavy atom. The van der Waals surface area contributed by atoms with Gasteiger partial charge in [-0.15, -0.1) is 0 Å². The van der Waals surface area contributed by atoms with Crippen LogP contribution in [0.2, 0.25) is 5.02 Å². The Bertz CT molecular complexity index is 1370. The summed E-state index contributed by atoms with van der Waals surface area (Å²) in [4.78, 5) is 7.74. The van der Waals surface area contributed by atoms with Crippen LogP contribution in [0.4, 0.5) is 5.95 Å². The van der Waals surface area contributed by atoms with Gasteiger partial charge in [-0.2, -0.15) is 5.10 Å². The molecular weight excluding hydrogens is 384 g/mol. The van der Waals surface area contributed by atoms with Crippen LogP contribution in [0.1, 0.15) is 5.56 Å². The SMILES string of the molecule is Cc1ccc2oc(-c3ccc(Cl)cc3)cc(=NNc3nc4ccccc4[nH]3)c2c1. The van der Waals surface area contributed by atoms with Gasteiger partial charge in [-0.3, -0.25) is 0 Å². The van der Waals surface area contributed by atoms with Crippen LogP contribution in [0, 0.1) is 6.92 Å². The molecule has 2 aromatic heterocycles. The number of aryl methyl sites for hydroxylation is 1. The maximum Gasteiger partial charge on any atom is 0.222 e. The monoisotopic (exact) mass is 400 g/mol. The van der Waals surface area contributed by atoms with Crippen LogP contribution in [-0.4, -0.2) is 9.97 Å². The smallest absolute Gasteiger partial charge is 0.222 e. The second-order valence-corrected chi connectivity index (χ2v) is 7.26. The summed E-state index contributed by atoms with van der Waals surface area (Å²) in [5.74, 6) is 1.30.